The van der Waals surface area contributed by atoms with Crippen LogP contribution >= 0.6 is 27.3 Å². The minimum atomic E-state index is -0.242. The van der Waals surface area contributed by atoms with E-state index in [2.05, 4.69) is 26.2 Å². The number of carbonyl (C=O) groups excluding carboxylic acids is 1. The maximum absolute atomic E-state index is 11.8. The van der Waals surface area contributed by atoms with Gasteiger partial charge in [-0.05, 0) is 41.9 Å². The van der Waals surface area contributed by atoms with Gasteiger partial charge in [0.2, 0.25) is 0 Å². The van der Waals surface area contributed by atoms with Crippen LogP contribution < -0.4 is 5.32 Å². The van der Waals surface area contributed by atoms with Gasteiger partial charge >= 0.3 is 0 Å². The van der Waals surface area contributed by atoms with Crippen LogP contribution in [-0.4, -0.2) is 10.9 Å². The molecule has 0 aromatic carbocycles. The highest BCUT2D eigenvalue weighted by Crippen LogP contribution is 2.18. The molecular weight excluding hydrogens is 304 g/mol. The fraction of sp³-hybridized carbons (Fsp3) is 0.273. The van der Waals surface area contributed by atoms with Gasteiger partial charge in [-0.25, -0.2) is 4.98 Å². The summed E-state index contributed by atoms with van der Waals surface area (Å²) in [7, 11) is 0. The summed E-state index contributed by atoms with van der Waals surface area (Å²) < 4.78 is 5.72. The van der Waals surface area contributed by atoms with Crippen molar-refractivity contribution in [3.63, 3.8) is 0 Å². The number of hydrogen-bond acceptors (Lipinski definition) is 4. The molecule has 0 aliphatic rings. The normalized spacial score (nSPS) is 12.4. The Bertz CT molecular complexity index is 535. The fourth-order valence-corrected chi connectivity index (χ4v) is 2.37. The van der Waals surface area contributed by atoms with Crippen molar-refractivity contribution in [2.24, 2.45) is 0 Å². The Hall–Kier alpha value is -1.14. The van der Waals surface area contributed by atoms with Crippen LogP contribution in [0.5, 0.6) is 0 Å². The molecule has 0 spiro atoms. The number of nitrogens with one attached hydrogen (secondary N) is 1. The lowest BCUT2D eigenvalue weighted by atomic mass is 10.2. The van der Waals surface area contributed by atoms with E-state index in [1.807, 2.05) is 19.2 Å². The molecule has 1 atom stereocenters. The van der Waals surface area contributed by atoms with Crippen LogP contribution in [0.4, 0.5) is 0 Å². The van der Waals surface area contributed by atoms with E-state index in [0.717, 1.165) is 10.7 Å². The maximum Gasteiger partial charge on any atom is 0.287 e. The summed E-state index contributed by atoms with van der Waals surface area (Å²) in [5.41, 5.74) is 0.867. The molecule has 6 heteroatoms. The van der Waals surface area contributed by atoms with Crippen molar-refractivity contribution in [2.45, 2.75) is 19.9 Å². The third kappa shape index (κ3) is 2.95. The van der Waals surface area contributed by atoms with Gasteiger partial charge in [0.25, 0.3) is 5.91 Å². The Morgan fingerprint density at radius 1 is 1.59 bits per heavy atom. The Kier molecular flexibility index (Phi) is 3.63. The summed E-state index contributed by atoms with van der Waals surface area (Å²) >= 11 is 4.72. The maximum atomic E-state index is 11.8. The van der Waals surface area contributed by atoms with Crippen LogP contribution in [0.3, 0.4) is 0 Å². The van der Waals surface area contributed by atoms with Gasteiger partial charge in [0.15, 0.2) is 10.4 Å². The molecule has 0 radical (unpaired) electrons. The van der Waals surface area contributed by atoms with Crippen LogP contribution in [0.15, 0.2) is 26.6 Å². The molecule has 0 saturated heterocycles. The highest BCUT2D eigenvalue weighted by Gasteiger charge is 2.15. The SMILES string of the molecule is Cc1nc(C(C)NC(=O)c2ccc(Br)o2)cs1. The third-order valence-electron chi connectivity index (χ3n) is 2.23. The number of aryl methyl sites for hydroxylation is 1. The predicted octanol–water partition coefficient (Wildman–Crippen LogP) is 3.30. The molecule has 17 heavy (non-hydrogen) atoms. The molecule has 90 valence electrons. The van der Waals surface area contributed by atoms with Crippen LogP contribution in [0.2, 0.25) is 0 Å². The average molecular weight is 315 g/mol. The minimum Gasteiger partial charge on any atom is -0.444 e. The third-order valence-corrected chi connectivity index (χ3v) is 3.44. The van der Waals surface area contributed by atoms with Crippen LogP contribution in [0.1, 0.15) is 34.2 Å². The van der Waals surface area contributed by atoms with E-state index in [1.54, 1.807) is 23.5 Å². The Labute approximate surface area is 111 Å². The molecule has 0 aliphatic heterocycles. The summed E-state index contributed by atoms with van der Waals surface area (Å²) in [5, 5.41) is 5.76. The molecule has 2 heterocycles. The molecule has 2 rings (SSSR count). The first-order chi connectivity index (χ1) is 8.06. The molecule has 0 bridgehead atoms. The number of nitrogens with zero attached hydrogens (tertiary/aromatic N) is 1. The second-order valence-corrected chi connectivity index (χ2v) is 5.43. The largest absolute Gasteiger partial charge is 0.444 e. The van der Waals surface area contributed by atoms with E-state index in [-0.39, 0.29) is 17.7 Å². The number of thiazole rings is 1. The molecule has 1 amide bonds. The summed E-state index contributed by atoms with van der Waals surface area (Å²) in [4.78, 5) is 16.1. The number of rotatable bonds is 3. The van der Waals surface area contributed by atoms with Gasteiger partial charge < -0.3 is 9.73 Å². The van der Waals surface area contributed by atoms with Gasteiger partial charge in [0, 0.05) is 5.38 Å². The molecule has 2 aromatic heterocycles. The van der Waals surface area contributed by atoms with Gasteiger partial charge in [0.05, 0.1) is 16.7 Å². The smallest absolute Gasteiger partial charge is 0.287 e. The second kappa shape index (κ2) is 5.01. The molecule has 1 unspecified atom stereocenters. The van der Waals surface area contributed by atoms with Gasteiger partial charge in [-0.1, -0.05) is 0 Å². The summed E-state index contributed by atoms with van der Waals surface area (Å²) in [6.07, 6.45) is 0. The number of amides is 1. The first-order valence-electron chi connectivity index (χ1n) is 5.04. The lowest BCUT2D eigenvalue weighted by Crippen LogP contribution is -2.26. The van der Waals surface area contributed by atoms with E-state index in [4.69, 9.17) is 4.42 Å². The molecule has 1 N–H and O–H groups in total. The number of hydrogen-bond donors (Lipinski definition) is 1. The molecule has 0 aliphatic carbocycles. The summed E-state index contributed by atoms with van der Waals surface area (Å²) in [6.45, 7) is 3.83. The highest BCUT2D eigenvalue weighted by atomic mass is 79.9. The van der Waals surface area contributed by atoms with Gasteiger partial charge in [0.1, 0.15) is 0 Å². The second-order valence-electron chi connectivity index (χ2n) is 3.59. The zero-order valence-corrected chi connectivity index (χ0v) is 11.8. The van der Waals surface area contributed by atoms with E-state index in [9.17, 15) is 4.79 Å². The first-order valence-corrected chi connectivity index (χ1v) is 6.72. The topological polar surface area (TPSA) is 55.1 Å². The zero-order valence-electron chi connectivity index (χ0n) is 9.36. The van der Waals surface area contributed by atoms with Crippen molar-refractivity contribution in [2.75, 3.05) is 0 Å². The van der Waals surface area contributed by atoms with E-state index >= 15 is 0 Å². The van der Waals surface area contributed by atoms with Crippen molar-refractivity contribution in [1.29, 1.82) is 0 Å². The Balaban J connectivity index is 2.04. The standard InChI is InChI=1S/C11H11BrN2O2S/c1-6(8-5-17-7(2)14-8)13-11(15)9-3-4-10(12)16-9/h3-6H,1-2H3,(H,13,15). The summed E-state index contributed by atoms with van der Waals surface area (Å²) in [6, 6.07) is 3.18. The average Bonchev–Trinajstić information content (AvgIpc) is 2.87. The number of halogens is 1. The molecular formula is C11H11BrN2O2S. The molecule has 2 aromatic rings. The zero-order chi connectivity index (χ0) is 12.4. The van der Waals surface area contributed by atoms with Crippen LogP contribution in [0, 0.1) is 6.92 Å². The molecule has 0 saturated carbocycles. The van der Waals surface area contributed by atoms with Gasteiger partial charge in [-0.2, -0.15) is 0 Å². The van der Waals surface area contributed by atoms with E-state index in [0.29, 0.717) is 4.67 Å². The Morgan fingerprint density at radius 3 is 2.88 bits per heavy atom. The van der Waals surface area contributed by atoms with Crippen molar-refractivity contribution in [3.8, 4) is 0 Å². The quantitative estimate of drug-likeness (QED) is 0.945. The number of carbonyl (C=O) groups is 1. The summed E-state index contributed by atoms with van der Waals surface area (Å²) in [5.74, 6) is 0.0459. The van der Waals surface area contributed by atoms with Crippen molar-refractivity contribution >= 4 is 33.2 Å². The number of furan rings is 1. The van der Waals surface area contributed by atoms with E-state index < -0.39 is 0 Å². The number of aromatic nitrogens is 1. The lowest BCUT2D eigenvalue weighted by molar-refractivity contribution is 0.0910. The van der Waals surface area contributed by atoms with Crippen molar-refractivity contribution in [3.05, 3.63) is 38.6 Å². The molecule has 4 nitrogen and oxygen atoms in total. The minimum absolute atomic E-state index is 0.128. The van der Waals surface area contributed by atoms with Gasteiger partial charge in [-0.3, -0.25) is 4.79 Å². The first kappa shape index (κ1) is 12.3. The van der Waals surface area contributed by atoms with Gasteiger partial charge in [-0.15, -0.1) is 11.3 Å². The highest BCUT2D eigenvalue weighted by molar-refractivity contribution is 9.10. The van der Waals surface area contributed by atoms with Crippen molar-refractivity contribution in [1.82, 2.24) is 10.3 Å². The predicted molar refractivity (Wildman–Crippen MR) is 69.1 cm³/mol. The Morgan fingerprint density at radius 2 is 2.35 bits per heavy atom. The van der Waals surface area contributed by atoms with Crippen LogP contribution in [-0.2, 0) is 0 Å². The fourth-order valence-electron chi connectivity index (χ4n) is 1.36. The molecule has 0 fully saturated rings. The van der Waals surface area contributed by atoms with Crippen molar-refractivity contribution < 1.29 is 9.21 Å². The monoisotopic (exact) mass is 314 g/mol. The lowest BCUT2D eigenvalue weighted by Gasteiger charge is -2.09. The van der Waals surface area contributed by atoms with E-state index in [1.165, 1.54) is 0 Å². The van der Waals surface area contributed by atoms with Crippen LogP contribution in [0.25, 0.3) is 0 Å².